The van der Waals surface area contributed by atoms with E-state index in [9.17, 15) is 9.18 Å². The Kier molecular flexibility index (Phi) is 5.17. The molecule has 0 unspecified atom stereocenters. The SMILES string of the molecule is Cc1nn(Cc2ccccc2Cl)c(C)c1C(=O)NCC1(c2ccc(F)cc2)CC1. The maximum Gasteiger partial charge on any atom is 0.255 e. The minimum Gasteiger partial charge on any atom is -0.351 e. The van der Waals surface area contributed by atoms with Gasteiger partial charge in [0.15, 0.2) is 0 Å². The molecule has 1 fully saturated rings. The Morgan fingerprint density at radius 3 is 2.52 bits per heavy atom. The molecule has 1 aliphatic rings. The van der Waals surface area contributed by atoms with E-state index in [0.717, 1.165) is 29.7 Å². The molecule has 0 aliphatic heterocycles. The fourth-order valence-electron chi connectivity index (χ4n) is 3.83. The van der Waals surface area contributed by atoms with Crippen LogP contribution in [0.15, 0.2) is 48.5 Å². The first-order valence-corrected chi connectivity index (χ1v) is 10.1. The molecule has 4 rings (SSSR count). The van der Waals surface area contributed by atoms with Crippen molar-refractivity contribution in [2.24, 2.45) is 0 Å². The molecule has 1 amide bonds. The number of carbonyl (C=O) groups excluding carboxylic acids is 1. The number of halogens is 2. The molecule has 3 aromatic rings. The smallest absolute Gasteiger partial charge is 0.255 e. The van der Waals surface area contributed by atoms with E-state index in [4.69, 9.17) is 11.6 Å². The Balaban J connectivity index is 1.49. The summed E-state index contributed by atoms with van der Waals surface area (Å²) in [5.41, 5.74) is 4.05. The maximum atomic E-state index is 13.2. The van der Waals surface area contributed by atoms with Gasteiger partial charge in [-0.25, -0.2) is 4.39 Å². The van der Waals surface area contributed by atoms with Crippen LogP contribution in [0.5, 0.6) is 0 Å². The fraction of sp³-hybridized carbons (Fsp3) is 0.304. The standard InChI is InChI=1S/C23H23ClFN3O/c1-15-21(16(2)28(27-15)13-17-5-3-4-6-20(17)24)22(29)26-14-23(11-12-23)18-7-9-19(25)10-8-18/h3-10H,11-14H2,1-2H3,(H,26,29). The number of nitrogens with zero attached hydrogens (tertiary/aromatic N) is 2. The van der Waals surface area contributed by atoms with Crippen molar-refractivity contribution in [2.45, 2.75) is 38.6 Å². The van der Waals surface area contributed by atoms with E-state index in [1.165, 1.54) is 12.1 Å². The highest BCUT2D eigenvalue weighted by atomic mass is 35.5. The van der Waals surface area contributed by atoms with Gasteiger partial charge in [0, 0.05) is 22.7 Å². The summed E-state index contributed by atoms with van der Waals surface area (Å²) >= 11 is 6.27. The number of hydrogen-bond donors (Lipinski definition) is 1. The zero-order valence-electron chi connectivity index (χ0n) is 16.5. The lowest BCUT2D eigenvalue weighted by Crippen LogP contribution is -2.32. The Morgan fingerprint density at radius 2 is 1.86 bits per heavy atom. The van der Waals surface area contributed by atoms with E-state index in [1.807, 2.05) is 54.9 Å². The van der Waals surface area contributed by atoms with Crippen molar-refractivity contribution in [3.63, 3.8) is 0 Å². The molecule has 1 aliphatic carbocycles. The lowest BCUT2D eigenvalue weighted by molar-refractivity contribution is 0.0948. The van der Waals surface area contributed by atoms with Crippen LogP contribution in [0.2, 0.25) is 5.02 Å². The largest absolute Gasteiger partial charge is 0.351 e. The molecule has 0 atom stereocenters. The van der Waals surface area contributed by atoms with E-state index in [-0.39, 0.29) is 17.1 Å². The molecule has 0 radical (unpaired) electrons. The molecule has 0 spiro atoms. The van der Waals surface area contributed by atoms with Crippen molar-refractivity contribution in [1.29, 1.82) is 0 Å². The molecule has 1 N–H and O–H groups in total. The van der Waals surface area contributed by atoms with Crippen molar-refractivity contribution < 1.29 is 9.18 Å². The second-order valence-corrected chi connectivity index (χ2v) is 8.17. The Hall–Kier alpha value is -2.66. The van der Waals surface area contributed by atoms with Gasteiger partial charge in [-0.1, -0.05) is 41.9 Å². The number of aryl methyl sites for hydroxylation is 1. The van der Waals surface area contributed by atoms with E-state index in [0.29, 0.717) is 29.4 Å². The zero-order chi connectivity index (χ0) is 20.6. The van der Waals surface area contributed by atoms with Crippen LogP contribution in [0.1, 0.15) is 45.7 Å². The van der Waals surface area contributed by atoms with Crippen molar-refractivity contribution in [1.82, 2.24) is 15.1 Å². The van der Waals surface area contributed by atoms with Crippen molar-refractivity contribution in [3.8, 4) is 0 Å². The van der Waals surface area contributed by atoms with Crippen LogP contribution in [0.25, 0.3) is 0 Å². The zero-order valence-corrected chi connectivity index (χ0v) is 17.3. The molecule has 4 nitrogen and oxygen atoms in total. The predicted molar refractivity (Wildman–Crippen MR) is 112 cm³/mol. The summed E-state index contributed by atoms with van der Waals surface area (Å²) in [6, 6.07) is 14.2. The van der Waals surface area contributed by atoms with Gasteiger partial charge in [-0.05, 0) is 56.0 Å². The molecule has 1 aromatic heterocycles. The van der Waals surface area contributed by atoms with E-state index >= 15 is 0 Å². The van der Waals surface area contributed by atoms with E-state index in [1.54, 1.807) is 0 Å². The van der Waals surface area contributed by atoms with Crippen LogP contribution < -0.4 is 5.32 Å². The van der Waals surface area contributed by atoms with Crippen molar-refractivity contribution >= 4 is 17.5 Å². The maximum absolute atomic E-state index is 13.2. The average molecular weight is 412 g/mol. The first kappa shape index (κ1) is 19.6. The molecular weight excluding hydrogens is 389 g/mol. The molecular formula is C23H23ClFN3O. The second-order valence-electron chi connectivity index (χ2n) is 7.76. The number of carbonyl (C=O) groups is 1. The van der Waals surface area contributed by atoms with Crippen molar-refractivity contribution in [3.05, 3.63) is 87.4 Å². The number of rotatable bonds is 6. The van der Waals surface area contributed by atoms with Crippen LogP contribution in [0, 0.1) is 19.7 Å². The predicted octanol–water partition coefficient (Wildman–Crippen LogP) is 4.80. The molecule has 150 valence electrons. The monoisotopic (exact) mass is 411 g/mol. The van der Waals surface area contributed by atoms with Gasteiger partial charge in [-0.3, -0.25) is 9.48 Å². The summed E-state index contributed by atoms with van der Waals surface area (Å²) in [4.78, 5) is 12.9. The van der Waals surface area contributed by atoms with Gasteiger partial charge >= 0.3 is 0 Å². The van der Waals surface area contributed by atoms with Crippen LogP contribution in [0.4, 0.5) is 4.39 Å². The Bertz CT molecular complexity index is 1050. The molecule has 1 saturated carbocycles. The molecule has 6 heteroatoms. The Labute approximate surface area is 174 Å². The summed E-state index contributed by atoms with van der Waals surface area (Å²) in [5.74, 6) is -0.371. The molecule has 2 aromatic carbocycles. The summed E-state index contributed by atoms with van der Waals surface area (Å²) < 4.78 is 15.0. The third-order valence-electron chi connectivity index (χ3n) is 5.78. The molecule has 0 bridgehead atoms. The van der Waals surface area contributed by atoms with Gasteiger partial charge < -0.3 is 5.32 Å². The van der Waals surface area contributed by atoms with E-state index < -0.39 is 0 Å². The quantitative estimate of drug-likeness (QED) is 0.633. The van der Waals surface area contributed by atoms with Crippen LogP contribution >= 0.6 is 11.6 Å². The topological polar surface area (TPSA) is 46.9 Å². The average Bonchev–Trinajstić information content (AvgIpc) is 3.43. The van der Waals surface area contributed by atoms with Gasteiger partial charge in [-0.15, -0.1) is 0 Å². The molecule has 29 heavy (non-hydrogen) atoms. The summed E-state index contributed by atoms with van der Waals surface area (Å²) in [7, 11) is 0. The fourth-order valence-corrected chi connectivity index (χ4v) is 4.02. The number of benzene rings is 2. The highest BCUT2D eigenvalue weighted by Gasteiger charge is 2.44. The van der Waals surface area contributed by atoms with Crippen LogP contribution in [-0.2, 0) is 12.0 Å². The number of hydrogen-bond acceptors (Lipinski definition) is 2. The van der Waals surface area contributed by atoms with Gasteiger partial charge in [0.2, 0.25) is 0 Å². The third-order valence-corrected chi connectivity index (χ3v) is 6.15. The van der Waals surface area contributed by atoms with Crippen molar-refractivity contribution in [2.75, 3.05) is 6.54 Å². The molecule has 1 heterocycles. The second kappa shape index (κ2) is 7.64. The van der Waals surface area contributed by atoms with Gasteiger partial charge in [0.05, 0.1) is 17.8 Å². The normalized spacial score (nSPS) is 14.6. The first-order valence-electron chi connectivity index (χ1n) is 9.71. The first-order chi connectivity index (χ1) is 13.9. The lowest BCUT2D eigenvalue weighted by Gasteiger charge is -2.17. The lowest BCUT2D eigenvalue weighted by atomic mass is 9.96. The summed E-state index contributed by atoms with van der Waals surface area (Å²) in [6.07, 6.45) is 1.98. The van der Waals surface area contributed by atoms with Gasteiger partial charge in [0.1, 0.15) is 5.82 Å². The minimum atomic E-state index is -0.245. The van der Waals surface area contributed by atoms with Gasteiger partial charge in [0.25, 0.3) is 5.91 Å². The Morgan fingerprint density at radius 1 is 1.17 bits per heavy atom. The highest BCUT2D eigenvalue weighted by Crippen LogP contribution is 2.47. The number of amides is 1. The number of nitrogens with one attached hydrogen (secondary N) is 1. The highest BCUT2D eigenvalue weighted by molar-refractivity contribution is 6.31. The van der Waals surface area contributed by atoms with Crippen LogP contribution in [0.3, 0.4) is 0 Å². The summed E-state index contributed by atoms with van der Waals surface area (Å²) in [5, 5.41) is 8.31. The summed E-state index contributed by atoms with van der Waals surface area (Å²) in [6.45, 7) is 4.79. The van der Waals surface area contributed by atoms with Crippen LogP contribution in [-0.4, -0.2) is 22.2 Å². The van der Waals surface area contributed by atoms with E-state index in [2.05, 4.69) is 10.4 Å². The number of aromatic nitrogens is 2. The third kappa shape index (κ3) is 3.92. The van der Waals surface area contributed by atoms with Gasteiger partial charge in [-0.2, -0.15) is 5.10 Å². The minimum absolute atomic E-state index is 0.0846. The molecule has 0 saturated heterocycles.